The number of nitrogens with zero attached hydrogens (tertiary/aromatic N) is 1. The first kappa shape index (κ1) is 21.3. The van der Waals surface area contributed by atoms with Crippen LogP contribution in [0.3, 0.4) is 0 Å². The maximum atomic E-state index is 13.6. The van der Waals surface area contributed by atoms with Gasteiger partial charge in [-0.25, -0.2) is 0 Å². The Morgan fingerprint density at radius 2 is 1.00 bits per heavy atom. The summed E-state index contributed by atoms with van der Waals surface area (Å²) in [4.78, 5) is 13.6. The van der Waals surface area contributed by atoms with Crippen LogP contribution < -0.4 is 15.9 Å². The summed E-state index contributed by atoms with van der Waals surface area (Å²) in [6.45, 7) is -2.69. The molecule has 0 bridgehead atoms. The number of rotatable bonds is 6. The van der Waals surface area contributed by atoms with Crippen LogP contribution in [-0.4, -0.2) is 11.1 Å². The summed E-state index contributed by atoms with van der Waals surface area (Å²) in [5, 5.41) is 13.6. The lowest BCUT2D eigenvalue weighted by molar-refractivity contribution is -0.108. The summed E-state index contributed by atoms with van der Waals surface area (Å²) >= 11 is 0. The van der Waals surface area contributed by atoms with Gasteiger partial charge in [-0.1, -0.05) is 127 Å². The van der Waals surface area contributed by atoms with Crippen LogP contribution in [0.5, 0.6) is 0 Å². The average molecular weight is 431 g/mol. The van der Waals surface area contributed by atoms with Crippen LogP contribution in [0.4, 0.5) is 0 Å². The topological polar surface area (TPSA) is 40.9 Å². The average Bonchev–Trinajstić information content (AvgIpc) is 2.88. The van der Waals surface area contributed by atoms with Gasteiger partial charge in [-0.15, -0.1) is 0 Å². The summed E-state index contributed by atoms with van der Waals surface area (Å²) in [6, 6.07) is 41.8. The van der Waals surface area contributed by atoms with Gasteiger partial charge in [-0.3, -0.25) is 4.79 Å². The highest BCUT2D eigenvalue weighted by Crippen LogP contribution is 2.46. The van der Waals surface area contributed by atoms with E-state index in [1.807, 2.05) is 121 Å². The molecule has 0 amide bonds. The van der Waals surface area contributed by atoms with Gasteiger partial charge < -0.3 is 0 Å². The third-order valence-electron chi connectivity index (χ3n) is 5.33. The molecule has 0 unspecified atom stereocenters. The Morgan fingerprint density at radius 3 is 1.38 bits per heavy atom. The van der Waals surface area contributed by atoms with E-state index in [1.165, 1.54) is 6.08 Å². The Labute approximate surface area is 189 Å². The van der Waals surface area contributed by atoms with E-state index in [1.54, 1.807) is 6.08 Å². The lowest BCUT2D eigenvalue weighted by Crippen LogP contribution is -2.32. The first-order chi connectivity index (χ1) is 15.8. The van der Waals surface area contributed by atoms with Crippen molar-refractivity contribution in [3.63, 3.8) is 0 Å². The van der Waals surface area contributed by atoms with Gasteiger partial charge in [0.25, 0.3) is 0 Å². The Balaban J connectivity index is 2.08. The molecule has 2 nitrogen and oxygen atoms in total. The van der Waals surface area contributed by atoms with Gasteiger partial charge in [0.2, 0.25) is 0 Å². The molecule has 4 aromatic carbocycles. The number of nitriles is 1. The third-order valence-corrected chi connectivity index (χ3v) is 9.54. The van der Waals surface area contributed by atoms with Crippen molar-refractivity contribution in [2.45, 2.75) is 0 Å². The molecule has 0 radical (unpaired) electrons. The number of benzene rings is 4. The molecule has 3 heteroatoms. The monoisotopic (exact) mass is 431 g/mol. The molecule has 0 saturated carbocycles. The van der Waals surface area contributed by atoms with Crippen LogP contribution in [0.15, 0.2) is 127 Å². The van der Waals surface area contributed by atoms with Gasteiger partial charge in [0.15, 0.2) is 5.78 Å². The van der Waals surface area contributed by atoms with Gasteiger partial charge in [0.05, 0.1) is 0 Å². The van der Waals surface area contributed by atoms with Crippen molar-refractivity contribution >= 4 is 40.0 Å². The second kappa shape index (κ2) is 9.92. The number of allylic oxidation sites excluding steroid dienone is 1. The summed E-state index contributed by atoms with van der Waals surface area (Å²) in [5.41, 5.74) is 0.918. The van der Waals surface area contributed by atoms with Crippen molar-refractivity contribution in [1.82, 2.24) is 0 Å². The Morgan fingerprint density at radius 1 is 0.625 bits per heavy atom. The molecule has 154 valence electrons. The van der Waals surface area contributed by atoms with Gasteiger partial charge in [0, 0.05) is 0 Å². The van der Waals surface area contributed by atoms with Crippen LogP contribution in [0.25, 0.3) is 6.08 Å². The highest BCUT2D eigenvalue weighted by atomic mass is 31.2. The zero-order valence-corrected chi connectivity index (χ0v) is 18.4. The molecule has 32 heavy (non-hydrogen) atoms. The lowest BCUT2D eigenvalue weighted by Gasteiger charge is -2.29. The largest absolute Gasteiger partial charge is 0.288 e. The highest BCUT2D eigenvalue weighted by Gasteiger charge is 2.32. The zero-order valence-electron chi connectivity index (χ0n) is 17.5. The van der Waals surface area contributed by atoms with Crippen LogP contribution in [-0.2, 0) is 4.79 Å². The summed E-state index contributed by atoms with van der Waals surface area (Å²) in [6.07, 6.45) is 3.30. The number of hydrogen-bond acceptors (Lipinski definition) is 2. The normalized spacial score (nSPS) is 11.1. The molecule has 0 aliphatic rings. The SMILES string of the molecule is N#CC(C(=O)C=Cc1ccccc1)=P(c1ccccc1)(c1ccccc1)c1ccccc1. The molecule has 4 rings (SSSR count). The summed E-state index contributed by atoms with van der Waals surface area (Å²) in [5.74, 6) is -0.263. The molecule has 0 atom stereocenters. The molecular weight excluding hydrogens is 409 g/mol. The minimum atomic E-state index is -2.69. The second-order valence-corrected chi connectivity index (χ2v) is 10.6. The van der Waals surface area contributed by atoms with Crippen molar-refractivity contribution < 1.29 is 4.79 Å². The van der Waals surface area contributed by atoms with Gasteiger partial charge in [-0.2, -0.15) is 5.26 Å². The van der Waals surface area contributed by atoms with Crippen LogP contribution in [0, 0.1) is 11.3 Å². The molecule has 0 N–H and O–H groups in total. The fraction of sp³-hybridized carbons (Fsp3) is 0. The van der Waals surface area contributed by atoms with Crippen molar-refractivity contribution in [2.24, 2.45) is 0 Å². The van der Waals surface area contributed by atoms with Gasteiger partial charge in [0.1, 0.15) is 11.4 Å². The minimum Gasteiger partial charge on any atom is -0.288 e. The minimum absolute atomic E-state index is 0.263. The van der Waals surface area contributed by atoms with E-state index >= 15 is 0 Å². The third kappa shape index (κ3) is 4.12. The van der Waals surface area contributed by atoms with E-state index in [2.05, 4.69) is 6.07 Å². The number of ketones is 1. The number of carbonyl (C=O) groups excluding carboxylic acids is 1. The fourth-order valence-corrected chi connectivity index (χ4v) is 7.98. The number of hydrogen-bond donors (Lipinski definition) is 0. The standard InChI is InChI=1S/C29H22NOP/c30-23-29(28(31)22-21-24-13-5-1-6-14-24)32(25-15-7-2-8-16-25,26-17-9-3-10-18-26)27-19-11-4-12-20-27/h1-22H. The van der Waals surface area contributed by atoms with E-state index in [-0.39, 0.29) is 11.1 Å². The quantitative estimate of drug-likeness (QED) is 0.320. The van der Waals surface area contributed by atoms with Gasteiger partial charge >= 0.3 is 0 Å². The lowest BCUT2D eigenvalue weighted by atomic mass is 10.2. The number of carbonyl (C=O) groups is 1. The Hall–Kier alpha value is -3.92. The van der Waals surface area contributed by atoms with Crippen molar-refractivity contribution in [1.29, 1.82) is 5.26 Å². The highest BCUT2D eigenvalue weighted by molar-refractivity contribution is 7.97. The predicted octanol–water partition coefficient (Wildman–Crippen LogP) is 4.96. The van der Waals surface area contributed by atoms with Gasteiger partial charge in [-0.05, 0) is 34.4 Å². The molecule has 0 heterocycles. The predicted molar refractivity (Wildman–Crippen MR) is 136 cm³/mol. The van der Waals surface area contributed by atoms with Crippen molar-refractivity contribution in [3.8, 4) is 6.07 Å². The Kier molecular flexibility index (Phi) is 6.61. The molecule has 0 spiro atoms. The van der Waals surface area contributed by atoms with E-state index in [4.69, 9.17) is 0 Å². The molecule has 0 aliphatic carbocycles. The first-order valence-electron chi connectivity index (χ1n) is 10.4. The van der Waals surface area contributed by atoms with Crippen LogP contribution >= 0.6 is 6.89 Å². The summed E-state index contributed by atoms with van der Waals surface area (Å²) in [7, 11) is 0. The van der Waals surface area contributed by atoms with Crippen molar-refractivity contribution in [3.05, 3.63) is 133 Å². The molecule has 0 aliphatic heterocycles. The molecule has 0 fully saturated rings. The van der Waals surface area contributed by atoms with E-state index in [0.717, 1.165) is 21.5 Å². The fourth-order valence-electron chi connectivity index (χ4n) is 3.90. The molecule has 4 aromatic rings. The zero-order chi connectivity index (χ0) is 22.2. The molecular formula is C29H22NOP. The van der Waals surface area contributed by atoms with E-state index in [9.17, 15) is 10.1 Å². The van der Waals surface area contributed by atoms with E-state index in [0.29, 0.717) is 0 Å². The first-order valence-corrected chi connectivity index (χ1v) is 12.2. The van der Waals surface area contributed by atoms with E-state index < -0.39 is 6.89 Å². The van der Waals surface area contributed by atoms with Crippen LogP contribution in [0.1, 0.15) is 5.56 Å². The molecule has 0 saturated heterocycles. The summed E-state index contributed by atoms with van der Waals surface area (Å²) < 4.78 is 0. The maximum absolute atomic E-state index is 13.6. The second-order valence-electron chi connectivity index (χ2n) is 7.25. The molecule has 0 aromatic heterocycles. The smallest absolute Gasteiger partial charge is 0.197 e. The Bertz CT molecular complexity index is 1220. The maximum Gasteiger partial charge on any atom is 0.197 e. The van der Waals surface area contributed by atoms with Crippen molar-refractivity contribution in [2.75, 3.05) is 0 Å². The van der Waals surface area contributed by atoms with Crippen LogP contribution in [0.2, 0.25) is 0 Å².